The molecule has 1 fully saturated rings. The fourth-order valence-electron chi connectivity index (χ4n) is 5.83. The minimum atomic E-state index is -4.90. The summed E-state index contributed by atoms with van der Waals surface area (Å²) in [5.41, 5.74) is -4.22. The van der Waals surface area contributed by atoms with Crippen LogP contribution in [0.3, 0.4) is 0 Å². The molecule has 1 N–H and O–H groups in total. The molecular formula is C33H28F8N4O5. The van der Waals surface area contributed by atoms with Gasteiger partial charge in [-0.05, 0) is 42.3 Å². The molecule has 2 aromatic carbocycles. The summed E-state index contributed by atoms with van der Waals surface area (Å²) in [5, 5.41) is 2.27. The number of hydrogen-bond donors (Lipinski definition) is 1. The van der Waals surface area contributed by atoms with E-state index in [1.54, 1.807) is 0 Å². The Kier molecular flexibility index (Phi) is 9.92. The SMILES string of the molecule is COC(=O)[C@H](Cc1ccc(-c2c(C(F)(F)F)cc(C)n(C)c2=O)c2cccnc12)NC(=O)c1c(F)cc(N2CCOC[C@@H]2C(F)(F)F)cc1F. The second kappa shape index (κ2) is 13.7. The molecule has 1 aliphatic rings. The normalized spacial score (nSPS) is 16.0. The number of fused-ring (bicyclic) bond motifs is 1. The van der Waals surface area contributed by atoms with E-state index in [1.165, 1.54) is 44.4 Å². The van der Waals surface area contributed by atoms with E-state index in [1.807, 2.05) is 0 Å². The summed E-state index contributed by atoms with van der Waals surface area (Å²) in [4.78, 5) is 44.1. The van der Waals surface area contributed by atoms with Crippen LogP contribution in [-0.2, 0) is 33.9 Å². The molecule has 0 saturated carbocycles. The van der Waals surface area contributed by atoms with Crippen molar-refractivity contribution in [2.75, 3.05) is 31.8 Å². The largest absolute Gasteiger partial charge is 0.467 e. The lowest BCUT2D eigenvalue weighted by molar-refractivity contribution is -0.167. The van der Waals surface area contributed by atoms with Crippen LogP contribution in [0.25, 0.3) is 22.0 Å². The zero-order valence-electron chi connectivity index (χ0n) is 26.5. The first-order valence-electron chi connectivity index (χ1n) is 14.9. The Balaban J connectivity index is 1.50. The number of ether oxygens (including phenoxy) is 2. The summed E-state index contributed by atoms with van der Waals surface area (Å²) in [6, 6.07) is 3.51. The van der Waals surface area contributed by atoms with Crippen molar-refractivity contribution in [1.29, 1.82) is 0 Å². The van der Waals surface area contributed by atoms with Crippen LogP contribution in [0.1, 0.15) is 27.2 Å². The van der Waals surface area contributed by atoms with Gasteiger partial charge in [0, 0.05) is 43.0 Å². The predicted molar refractivity (Wildman–Crippen MR) is 163 cm³/mol. The molecule has 266 valence electrons. The van der Waals surface area contributed by atoms with Crippen LogP contribution < -0.4 is 15.8 Å². The summed E-state index contributed by atoms with van der Waals surface area (Å²) in [5.74, 6) is -5.53. The van der Waals surface area contributed by atoms with Crippen molar-refractivity contribution in [2.45, 2.75) is 37.8 Å². The first-order chi connectivity index (χ1) is 23.4. The van der Waals surface area contributed by atoms with E-state index in [2.05, 4.69) is 10.3 Å². The Hall–Kier alpha value is -5.06. The zero-order valence-corrected chi connectivity index (χ0v) is 26.5. The molecule has 17 heteroatoms. The standard InChI is InChI=1S/C33H28F8N4O5/c1-16-11-21(32(36,37)38)26(30(47)44(16)2)19-7-6-17(28-20(19)5-4-8-42-28)12-24(31(48)49-3)43-29(46)27-22(34)13-18(14-23(27)35)45-9-10-50-15-25(45)33(39,40)41/h4-8,11,13-14,24-25H,9-10,12,15H2,1-3H3,(H,43,46)/t24-,25+/m0/s1. The Morgan fingerprint density at radius 2 is 1.76 bits per heavy atom. The molecule has 0 radical (unpaired) electrons. The van der Waals surface area contributed by atoms with Gasteiger partial charge in [0.15, 0.2) is 0 Å². The van der Waals surface area contributed by atoms with Crippen molar-refractivity contribution in [1.82, 2.24) is 14.9 Å². The number of rotatable bonds is 7. The highest BCUT2D eigenvalue weighted by molar-refractivity contribution is 5.99. The Morgan fingerprint density at radius 3 is 2.38 bits per heavy atom. The number of amides is 1. The number of aryl methyl sites for hydroxylation is 1. The number of benzene rings is 2. The molecule has 1 saturated heterocycles. The van der Waals surface area contributed by atoms with E-state index >= 15 is 8.78 Å². The van der Waals surface area contributed by atoms with E-state index in [4.69, 9.17) is 9.47 Å². The molecule has 50 heavy (non-hydrogen) atoms. The number of esters is 1. The highest BCUT2D eigenvalue weighted by Crippen LogP contribution is 2.39. The minimum Gasteiger partial charge on any atom is -0.467 e. The summed E-state index contributed by atoms with van der Waals surface area (Å²) >= 11 is 0. The van der Waals surface area contributed by atoms with Crippen molar-refractivity contribution in [3.05, 3.63) is 93.0 Å². The zero-order chi connectivity index (χ0) is 36.7. The summed E-state index contributed by atoms with van der Waals surface area (Å²) < 4.78 is 124. The fraction of sp³-hybridized carbons (Fsp3) is 0.333. The third kappa shape index (κ3) is 6.99. The van der Waals surface area contributed by atoms with E-state index in [-0.39, 0.29) is 40.9 Å². The van der Waals surface area contributed by atoms with Crippen LogP contribution >= 0.6 is 0 Å². The van der Waals surface area contributed by atoms with Gasteiger partial charge in [-0.25, -0.2) is 13.6 Å². The lowest BCUT2D eigenvalue weighted by Crippen LogP contribution is -2.53. The lowest BCUT2D eigenvalue weighted by Gasteiger charge is -2.38. The molecule has 3 heterocycles. The third-order valence-electron chi connectivity index (χ3n) is 8.41. The van der Waals surface area contributed by atoms with Gasteiger partial charge < -0.3 is 24.3 Å². The Labute approximate surface area is 278 Å². The number of anilines is 1. The number of alkyl halides is 6. The summed E-state index contributed by atoms with van der Waals surface area (Å²) in [6.45, 7) is 0.0969. The van der Waals surface area contributed by atoms with Gasteiger partial charge in [0.25, 0.3) is 11.5 Å². The molecule has 0 bridgehead atoms. The van der Waals surface area contributed by atoms with Crippen molar-refractivity contribution in [2.24, 2.45) is 7.05 Å². The molecule has 2 atom stereocenters. The van der Waals surface area contributed by atoms with Gasteiger partial charge in [-0.3, -0.25) is 14.6 Å². The number of methoxy groups -OCH3 is 1. The molecular weight excluding hydrogens is 684 g/mol. The molecule has 0 unspecified atom stereocenters. The number of pyridine rings is 2. The number of morpholine rings is 1. The van der Waals surface area contributed by atoms with Gasteiger partial charge in [0.05, 0.1) is 37.0 Å². The van der Waals surface area contributed by atoms with Crippen LogP contribution in [0.2, 0.25) is 0 Å². The highest BCUT2D eigenvalue weighted by atomic mass is 19.4. The topological polar surface area (TPSA) is 103 Å². The second-order valence-electron chi connectivity index (χ2n) is 11.5. The molecule has 5 rings (SSSR count). The van der Waals surface area contributed by atoms with Gasteiger partial charge in [-0.15, -0.1) is 0 Å². The molecule has 4 aromatic rings. The first-order valence-corrected chi connectivity index (χ1v) is 14.9. The maximum absolute atomic E-state index is 15.2. The van der Waals surface area contributed by atoms with Gasteiger partial charge in [0.2, 0.25) is 0 Å². The van der Waals surface area contributed by atoms with Crippen LogP contribution in [0.15, 0.2) is 53.5 Å². The maximum atomic E-state index is 15.2. The number of hydrogen-bond acceptors (Lipinski definition) is 7. The van der Waals surface area contributed by atoms with E-state index in [9.17, 15) is 40.7 Å². The van der Waals surface area contributed by atoms with Crippen molar-refractivity contribution in [3.8, 4) is 11.1 Å². The average Bonchev–Trinajstić information content (AvgIpc) is 3.05. The van der Waals surface area contributed by atoms with E-state index in [0.29, 0.717) is 17.0 Å². The lowest BCUT2D eigenvalue weighted by atomic mass is 9.93. The minimum absolute atomic E-state index is 0.0512. The number of carbonyl (C=O) groups excluding carboxylic acids is 2. The molecule has 0 aliphatic carbocycles. The number of carbonyl (C=O) groups is 2. The monoisotopic (exact) mass is 712 g/mol. The summed E-state index contributed by atoms with van der Waals surface area (Å²) in [7, 11) is 2.29. The van der Waals surface area contributed by atoms with Crippen molar-refractivity contribution in [3.63, 3.8) is 0 Å². The van der Waals surface area contributed by atoms with Crippen LogP contribution in [0.5, 0.6) is 0 Å². The number of aromatic nitrogens is 2. The van der Waals surface area contributed by atoms with Gasteiger partial charge >= 0.3 is 18.3 Å². The maximum Gasteiger partial charge on any atom is 0.417 e. The van der Waals surface area contributed by atoms with Gasteiger partial charge in [0.1, 0.15) is 29.3 Å². The predicted octanol–water partition coefficient (Wildman–Crippen LogP) is 5.49. The molecule has 1 amide bonds. The van der Waals surface area contributed by atoms with E-state index < -0.39 is 88.9 Å². The number of nitrogens with zero attached hydrogens (tertiary/aromatic N) is 3. The van der Waals surface area contributed by atoms with Gasteiger partial charge in [-0.2, -0.15) is 26.3 Å². The van der Waals surface area contributed by atoms with Crippen LogP contribution in [0.4, 0.5) is 40.8 Å². The second-order valence-corrected chi connectivity index (χ2v) is 11.5. The molecule has 1 aliphatic heterocycles. The van der Waals surface area contributed by atoms with E-state index in [0.717, 1.165) is 17.7 Å². The quantitative estimate of drug-likeness (QED) is 0.200. The van der Waals surface area contributed by atoms with Crippen LogP contribution in [-0.4, -0.2) is 66.6 Å². The highest BCUT2D eigenvalue weighted by Gasteiger charge is 2.46. The fourth-order valence-corrected chi connectivity index (χ4v) is 5.83. The van der Waals surface area contributed by atoms with Crippen molar-refractivity contribution >= 4 is 28.5 Å². The first kappa shape index (κ1) is 36.2. The van der Waals surface area contributed by atoms with Gasteiger partial charge in [-0.1, -0.05) is 18.2 Å². The smallest absolute Gasteiger partial charge is 0.417 e. The Morgan fingerprint density at radius 1 is 1.08 bits per heavy atom. The molecule has 2 aromatic heterocycles. The summed E-state index contributed by atoms with van der Waals surface area (Å²) in [6.07, 6.45) is -8.81. The number of nitrogens with one attached hydrogen (secondary N) is 1. The van der Waals surface area contributed by atoms with Crippen LogP contribution in [0, 0.1) is 18.6 Å². The average molecular weight is 713 g/mol. The number of halogens is 8. The van der Waals surface area contributed by atoms with Crippen molar-refractivity contribution < 1.29 is 54.2 Å². The molecule has 0 spiro atoms. The molecule has 9 nitrogen and oxygen atoms in total. The Bertz CT molecular complexity index is 2010. The third-order valence-corrected chi connectivity index (χ3v) is 8.41.